The van der Waals surface area contributed by atoms with Crippen molar-refractivity contribution >= 4 is 22.7 Å². The van der Waals surface area contributed by atoms with Gasteiger partial charge in [-0.1, -0.05) is 18.2 Å². The Labute approximate surface area is 131 Å². The number of ether oxygens (including phenoxy) is 2. The first-order chi connectivity index (χ1) is 11.1. The molecule has 23 heavy (non-hydrogen) atoms. The van der Waals surface area contributed by atoms with Crippen molar-refractivity contribution in [2.75, 3.05) is 7.11 Å². The van der Waals surface area contributed by atoms with Crippen molar-refractivity contribution in [1.29, 1.82) is 0 Å². The van der Waals surface area contributed by atoms with Crippen LogP contribution in [0.1, 0.15) is 33.7 Å². The van der Waals surface area contributed by atoms with E-state index in [-0.39, 0.29) is 11.6 Å². The third kappa shape index (κ3) is 2.86. The van der Waals surface area contributed by atoms with Crippen molar-refractivity contribution in [2.45, 2.75) is 13.2 Å². The molecule has 0 radical (unpaired) electrons. The lowest BCUT2D eigenvalue weighted by Gasteiger charge is -2.08. The summed E-state index contributed by atoms with van der Waals surface area (Å²) < 4.78 is 14.9. The maximum absolute atomic E-state index is 12.5. The molecule has 7 heteroatoms. The predicted octanol–water partition coefficient (Wildman–Crippen LogP) is 2.54. The molecule has 1 N–H and O–H groups in total. The third-order valence-electron chi connectivity index (χ3n) is 3.35. The van der Waals surface area contributed by atoms with Crippen molar-refractivity contribution in [3.63, 3.8) is 0 Å². The molecule has 3 rings (SSSR count). The van der Waals surface area contributed by atoms with Crippen LogP contribution in [0, 0.1) is 0 Å². The van der Waals surface area contributed by atoms with Crippen LogP contribution in [0.4, 0.5) is 0 Å². The van der Waals surface area contributed by atoms with Crippen LogP contribution in [0.25, 0.3) is 10.9 Å². The van der Waals surface area contributed by atoms with E-state index >= 15 is 0 Å². The second-order valence-electron chi connectivity index (χ2n) is 4.82. The minimum Gasteiger partial charge on any atom is -0.441 e. The summed E-state index contributed by atoms with van der Waals surface area (Å²) in [7, 11) is 1.41. The Bertz CT molecular complexity index is 864. The standard InChI is InChI=1S/C16H14N2O5/c1-9(21-2)23-16(20)13-8-22-15(18-13)14(19)11-7-17-12-6-4-3-5-10(11)12/h3-9,17H,1-2H3/t9-/m1/s1. The summed E-state index contributed by atoms with van der Waals surface area (Å²) >= 11 is 0. The number of nitrogens with one attached hydrogen (secondary N) is 1. The van der Waals surface area contributed by atoms with Gasteiger partial charge in [0.2, 0.25) is 5.78 Å². The molecule has 0 unspecified atom stereocenters. The fourth-order valence-electron chi connectivity index (χ4n) is 2.11. The van der Waals surface area contributed by atoms with Gasteiger partial charge in [-0.25, -0.2) is 4.79 Å². The zero-order valence-electron chi connectivity index (χ0n) is 12.5. The maximum atomic E-state index is 12.5. The van der Waals surface area contributed by atoms with Crippen LogP contribution >= 0.6 is 0 Å². The summed E-state index contributed by atoms with van der Waals surface area (Å²) in [5, 5.41) is 0.757. The van der Waals surface area contributed by atoms with Crippen molar-refractivity contribution in [3.05, 3.63) is 53.9 Å². The highest BCUT2D eigenvalue weighted by Crippen LogP contribution is 2.20. The van der Waals surface area contributed by atoms with Gasteiger partial charge in [0.05, 0.1) is 5.56 Å². The SMILES string of the molecule is CO[C@@H](C)OC(=O)c1coc(C(=O)c2c[nH]c3ccccc23)n1. The average molecular weight is 314 g/mol. The fourth-order valence-corrected chi connectivity index (χ4v) is 2.11. The predicted molar refractivity (Wildman–Crippen MR) is 80.1 cm³/mol. The number of oxazole rings is 1. The van der Waals surface area contributed by atoms with Gasteiger partial charge in [-0.15, -0.1) is 0 Å². The number of carbonyl (C=O) groups excluding carboxylic acids is 2. The molecular weight excluding hydrogens is 300 g/mol. The number of H-pyrrole nitrogens is 1. The van der Waals surface area contributed by atoms with Crippen LogP contribution < -0.4 is 0 Å². The molecule has 2 aromatic heterocycles. The zero-order chi connectivity index (χ0) is 16.4. The summed E-state index contributed by atoms with van der Waals surface area (Å²) in [5.41, 5.74) is 1.17. The molecule has 3 aromatic rings. The molecule has 0 fully saturated rings. The van der Waals surface area contributed by atoms with Gasteiger partial charge < -0.3 is 18.9 Å². The van der Waals surface area contributed by atoms with Crippen molar-refractivity contribution in [1.82, 2.24) is 9.97 Å². The van der Waals surface area contributed by atoms with Crippen molar-refractivity contribution < 1.29 is 23.5 Å². The highest BCUT2D eigenvalue weighted by Gasteiger charge is 2.22. The van der Waals surface area contributed by atoms with E-state index in [1.54, 1.807) is 13.1 Å². The van der Waals surface area contributed by atoms with E-state index in [1.807, 2.05) is 24.3 Å². The number of aromatic amines is 1. The smallest absolute Gasteiger partial charge is 0.362 e. The number of para-hydroxylation sites is 1. The molecule has 0 spiro atoms. The number of nitrogens with zero attached hydrogens (tertiary/aromatic N) is 1. The van der Waals surface area contributed by atoms with Gasteiger partial charge in [-0.3, -0.25) is 4.79 Å². The summed E-state index contributed by atoms with van der Waals surface area (Å²) in [6, 6.07) is 7.37. The normalized spacial score (nSPS) is 12.3. The topological polar surface area (TPSA) is 94.4 Å². The quantitative estimate of drug-likeness (QED) is 0.442. The van der Waals surface area contributed by atoms with E-state index < -0.39 is 18.0 Å². The number of methoxy groups -OCH3 is 1. The highest BCUT2D eigenvalue weighted by atomic mass is 16.7. The third-order valence-corrected chi connectivity index (χ3v) is 3.35. The molecule has 7 nitrogen and oxygen atoms in total. The number of hydrogen-bond donors (Lipinski definition) is 1. The number of ketones is 1. The van der Waals surface area contributed by atoms with E-state index in [0.717, 1.165) is 17.2 Å². The summed E-state index contributed by atoms with van der Waals surface area (Å²) in [4.78, 5) is 31.2. The second-order valence-corrected chi connectivity index (χ2v) is 4.82. The van der Waals surface area contributed by atoms with Crippen molar-refractivity contribution in [3.8, 4) is 0 Å². The van der Waals surface area contributed by atoms with Gasteiger partial charge >= 0.3 is 5.97 Å². The molecule has 1 aromatic carbocycles. The average Bonchev–Trinajstić information content (AvgIpc) is 3.21. The van der Waals surface area contributed by atoms with Crippen LogP contribution in [0.15, 0.2) is 41.1 Å². The first kappa shape index (κ1) is 15.0. The molecule has 2 heterocycles. The van der Waals surface area contributed by atoms with Crippen LogP contribution in [0.2, 0.25) is 0 Å². The van der Waals surface area contributed by atoms with Crippen molar-refractivity contribution in [2.24, 2.45) is 0 Å². The molecule has 0 saturated carbocycles. The zero-order valence-corrected chi connectivity index (χ0v) is 12.5. The molecule has 0 amide bonds. The van der Waals surface area contributed by atoms with Gasteiger partial charge in [-0.2, -0.15) is 4.98 Å². The Morgan fingerprint density at radius 2 is 2.09 bits per heavy atom. The molecule has 0 saturated heterocycles. The number of benzene rings is 1. The van der Waals surface area contributed by atoms with Gasteiger partial charge in [0.25, 0.3) is 5.89 Å². The Balaban J connectivity index is 1.85. The summed E-state index contributed by atoms with van der Waals surface area (Å²) in [5.74, 6) is -1.31. The summed E-state index contributed by atoms with van der Waals surface area (Å²) in [6.45, 7) is 1.57. The number of esters is 1. The fraction of sp³-hybridized carbons (Fsp3) is 0.188. The number of rotatable bonds is 5. The number of carbonyl (C=O) groups is 2. The Kier molecular flexibility index (Phi) is 3.94. The number of fused-ring (bicyclic) bond motifs is 1. The molecule has 118 valence electrons. The number of aromatic nitrogens is 2. The van der Waals surface area contributed by atoms with Gasteiger partial charge in [0, 0.05) is 24.2 Å². The molecule has 0 aliphatic carbocycles. The largest absolute Gasteiger partial charge is 0.441 e. The minimum atomic E-state index is -0.721. The molecule has 1 atom stereocenters. The van der Waals surface area contributed by atoms with Gasteiger partial charge in [-0.05, 0) is 13.0 Å². The lowest BCUT2D eigenvalue weighted by atomic mass is 10.1. The Morgan fingerprint density at radius 1 is 1.30 bits per heavy atom. The first-order valence-corrected chi connectivity index (χ1v) is 6.90. The lowest BCUT2D eigenvalue weighted by Crippen LogP contribution is -2.17. The highest BCUT2D eigenvalue weighted by molar-refractivity contribution is 6.14. The summed E-state index contributed by atoms with van der Waals surface area (Å²) in [6.07, 6.45) is 1.96. The first-order valence-electron chi connectivity index (χ1n) is 6.90. The van der Waals surface area contributed by atoms with E-state index in [4.69, 9.17) is 13.9 Å². The van der Waals surface area contributed by atoms with Gasteiger partial charge in [0.1, 0.15) is 6.26 Å². The molecule has 0 aliphatic rings. The van der Waals surface area contributed by atoms with Crippen LogP contribution in [-0.4, -0.2) is 35.1 Å². The Hall–Kier alpha value is -2.93. The molecule has 0 aliphatic heterocycles. The molecule has 0 bridgehead atoms. The van der Waals surface area contributed by atoms with Crippen LogP contribution in [0.5, 0.6) is 0 Å². The van der Waals surface area contributed by atoms with E-state index in [0.29, 0.717) is 5.56 Å². The monoisotopic (exact) mass is 314 g/mol. The molecular formula is C16H14N2O5. The Morgan fingerprint density at radius 3 is 2.87 bits per heavy atom. The van der Waals surface area contributed by atoms with E-state index in [2.05, 4.69) is 9.97 Å². The number of hydrogen-bond acceptors (Lipinski definition) is 6. The van der Waals surface area contributed by atoms with Crippen LogP contribution in [0.3, 0.4) is 0 Å². The van der Waals surface area contributed by atoms with Crippen LogP contribution in [-0.2, 0) is 9.47 Å². The maximum Gasteiger partial charge on any atom is 0.362 e. The van der Waals surface area contributed by atoms with Gasteiger partial charge in [0.15, 0.2) is 12.0 Å². The minimum absolute atomic E-state index is 0.0860. The lowest BCUT2D eigenvalue weighted by molar-refractivity contribution is -0.0776. The van der Waals surface area contributed by atoms with E-state index in [1.165, 1.54) is 7.11 Å². The van der Waals surface area contributed by atoms with E-state index in [9.17, 15) is 9.59 Å². The second kappa shape index (κ2) is 6.05.